The Kier molecular flexibility index (Phi) is 5.15. The molecule has 20 heavy (non-hydrogen) atoms. The van der Waals surface area contributed by atoms with E-state index in [0.29, 0.717) is 6.54 Å². The van der Waals surface area contributed by atoms with E-state index in [1.165, 1.54) is 0 Å². The number of aliphatic hydroxyl groups is 1. The Hall–Kier alpha value is -1.39. The van der Waals surface area contributed by atoms with Gasteiger partial charge in [-0.25, -0.2) is 0 Å². The van der Waals surface area contributed by atoms with Crippen LogP contribution >= 0.6 is 0 Å². The van der Waals surface area contributed by atoms with Crippen molar-refractivity contribution in [3.8, 4) is 0 Å². The molecule has 0 radical (unpaired) electrons. The van der Waals surface area contributed by atoms with Crippen LogP contribution in [-0.2, 0) is 6.42 Å². The van der Waals surface area contributed by atoms with Crippen LogP contribution in [0.1, 0.15) is 29.3 Å². The number of hydrogen-bond donors (Lipinski definition) is 2. The summed E-state index contributed by atoms with van der Waals surface area (Å²) in [6.45, 7) is 4.08. The van der Waals surface area contributed by atoms with Gasteiger partial charge in [0.15, 0.2) is 0 Å². The molecule has 1 aromatic carbocycles. The summed E-state index contributed by atoms with van der Waals surface area (Å²) in [5.74, 6) is 0.309. The molecule has 1 aromatic rings. The lowest BCUT2D eigenvalue weighted by Gasteiger charge is -2.19. The van der Waals surface area contributed by atoms with Gasteiger partial charge >= 0.3 is 0 Å². The maximum absolute atomic E-state index is 12.6. The normalized spacial score (nSPS) is 20.1. The summed E-state index contributed by atoms with van der Waals surface area (Å²) >= 11 is 0. The molecular weight excluding hydrogens is 252 g/mol. The quantitative estimate of drug-likeness (QED) is 0.852. The molecule has 4 heteroatoms. The molecule has 4 nitrogen and oxygen atoms in total. The van der Waals surface area contributed by atoms with E-state index in [4.69, 9.17) is 0 Å². The van der Waals surface area contributed by atoms with Gasteiger partial charge in [0.2, 0.25) is 0 Å². The number of nitrogens with zero attached hydrogens (tertiary/aromatic N) is 1. The van der Waals surface area contributed by atoms with Crippen molar-refractivity contribution < 1.29 is 9.90 Å². The number of hydrogen-bond acceptors (Lipinski definition) is 3. The van der Waals surface area contributed by atoms with Crippen LogP contribution in [0, 0.1) is 5.92 Å². The van der Waals surface area contributed by atoms with Gasteiger partial charge in [0, 0.05) is 24.6 Å². The zero-order valence-electron chi connectivity index (χ0n) is 12.3. The van der Waals surface area contributed by atoms with Crippen LogP contribution in [0.2, 0.25) is 0 Å². The zero-order valence-corrected chi connectivity index (χ0v) is 12.3. The van der Waals surface area contributed by atoms with Crippen LogP contribution in [0.5, 0.6) is 0 Å². The summed E-state index contributed by atoms with van der Waals surface area (Å²) in [4.78, 5) is 14.5. The molecule has 2 atom stereocenters. The highest BCUT2D eigenvalue weighted by atomic mass is 16.3. The lowest BCUT2D eigenvalue weighted by atomic mass is 10.0. The average molecular weight is 276 g/mol. The molecule has 1 fully saturated rings. The minimum absolute atomic E-state index is 0.0971. The number of carbonyl (C=O) groups excluding carboxylic acids is 1. The van der Waals surface area contributed by atoms with Crippen molar-refractivity contribution in [3.05, 3.63) is 35.4 Å². The number of amides is 1. The van der Waals surface area contributed by atoms with Gasteiger partial charge in [0.1, 0.15) is 0 Å². The first-order chi connectivity index (χ1) is 9.63. The van der Waals surface area contributed by atoms with Crippen LogP contribution in [0.3, 0.4) is 0 Å². The number of likely N-dealkylation sites (tertiary alicyclic amines) is 1. The molecule has 1 amide bonds. The summed E-state index contributed by atoms with van der Waals surface area (Å²) in [5, 5.41) is 12.8. The van der Waals surface area contributed by atoms with Crippen molar-refractivity contribution >= 4 is 5.91 Å². The minimum atomic E-state index is -0.340. The van der Waals surface area contributed by atoms with Gasteiger partial charge in [-0.05, 0) is 45.0 Å². The lowest BCUT2D eigenvalue weighted by Crippen LogP contribution is -2.31. The highest BCUT2D eigenvalue weighted by molar-refractivity contribution is 5.95. The summed E-state index contributed by atoms with van der Waals surface area (Å²) in [5.41, 5.74) is 1.89. The predicted molar refractivity (Wildman–Crippen MR) is 79.8 cm³/mol. The Labute approximate surface area is 120 Å². The number of benzene rings is 1. The van der Waals surface area contributed by atoms with E-state index in [9.17, 15) is 9.90 Å². The Bertz CT molecular complexity index is 460. The highest BCUT2D eigenvalue weighted by Crippen LogP contribution is 2.22. The zero-order chi connectivity index (χ0) is 14.5. The van der Waals surface area contributed by atoms with Crippen molar-refractivity contribution in [1.29, 1.82) is 0 Å². The van der Waals surface area contributed by atoms with Gasteiger partial charge in [0.25, 0.3) is 5.91 Å². The van der Waals surface area contributed by atoms with Crippen LogP contribution in [0.15, 0.2) is 24.3 Å². The standard InChI is InChI=1S/C16H24N2O2/c1-12(19)14-8-10-18(11-14)16(20)15-6-4-3-5-13(15)7-9-17-2/h3-6,12,14,17,19H,7-11H2,1-2H3. The first kappa shape index (κ1) is 15.0. The summed E-state index contributed by atoms with van der Waals surface area (Å²) in [7, 11) is 1.91. The number of nitrogens with one attached hydrogen (secondary N) is 1. The van der Waals surface area contributed by atoms with E-state index in [1.807, 2.05) is 36.2 Å². The van der Waals surface area contributed by atoms with Gasteiger partial charge in [-0.2, -0.15) is 0 Å². The molecule has 1 saturated heterocycles. The predicted octanol–water partition coefficient (Wildman–Crippen LogP) is 1.29. The molecule has 2 unspecified atom stereocenters. The largest absolute Gasteiger partial charge is 0.393 e. The summed E-state index contributed by atoms with van der Waals surface area (Å²) < 4.78 is 0. The lowest BCUT2D eigenvalue weighted by molar-refractivity contribution is 0.0761. The van der Waals surface area contributed by atoms with Crippen molar-refractivity contribution in [3.63, 3.8) is 0 Å². The fourth-order valence-electron chi connectivity index (χ4n) is 2.74. The van der Waals surface area contributed by atoms with E-state index < -0.39 is 0 Å². The van der Waals surface area contributed by atoms with Crippen molar-refractivity contribution in [2.45, 2.75) is 25.9 Å². The Balaban J connectivity index is 2.09. The fourth-order valence-corrected chi connectivity index (χ4v) is 2.74. The smallest absolute Gasteiger partial charge is 0.254 e. The average Bonchev–Trinajstić information content (AvgIpc) is 2.94. The molecule has 1 aliphatic heterocycles. The fraction of sp³-hybridized carbons (Fsp3) is 0.562. The van der Waals surface area contributed by atoms with Crippen LogP contribution in [0.4, 0.5) is 0 Å². The van der Waals surface area contributed by atoms with Crippen molar-refractivity contribution in [1.82, 2.24) is 10.2 Å². The van der Waals surface area contributed by atoms with Gasteiger partial charge in [0.05, 0.1) is 6.10 Å². The second-order valence-electron chi connectivity index (χ2n) is 5.55. The van der Waals surface area contributed by atoms with E-state index >= 15 is 0 Å². The third-order valence-corrected chi connectivity index (χ3v) is 4.09. The molecule has 0 saturated carbocycles. The van der Waals surface area contributed by atoms with E-state index in [1.54, 1.807) is 6.92 Å². The van der Waals surface area contributed by atoms with Crippen LogP contribution < -0.4 is 5.32 Å². The van der Waals surface area contributed by atoms with Gasteiger partial charge < -0.3 is 15.3 Å². The summed E-state index contributed by atoms with van der Waals surface area (Å²) in [6, 6.07) is 7.82. The Morgan fingerprint density at radius 2 is 2.25 bits per heavy atom. The molecule has 1 aliphatic rings. The maximum atomic E-state index is 12.6. The maximum Gasteiger partial charge on any atom is 0.254 e. The van der Waals surface area contributed by atoms with E-state index in [2.05, 4.69) is 5.32 Å². The minimum Gasteiger partial charge on any atom is -0.393 e. The third-order valence-electron chi connectivity index (χ3n) is 4.09. The molecule has 2 rings (SSSR count). The first-order valence-corrected chi connectivity index (χ1v) is 7.33. The van der Waals surface area contributed by atoms with Gasteiger partial charge in [-0.3, -0.25) is 4.79 Å². The van der Waals surface area contributed by atoms with Crippen LogP contribution in [-0.4, -0.2) is 48.7 Å². The molecule has 0 aliphatic carbocycles. The number of carbonyl (C=O) groups is 1. The Morgan fingerprint density at radius 3 is 2.90 bits per heavy atom. The first-order valence-electron chi connectivity index (χ1n) is 7.33. The topological polar surface area (TPSA) is 52.6 Å². The molecule has 0 aromatic heterocycles. The number of rotatable bonds is 5. The molecule has 2 N–H and O–H groups in total. The Morgan fingerprint density at radius 1 is 1.50 bits per heavy atom. The monoisotopic (exact) mass is 276 g/mol. The molecule has 1 heterocycles. The molecule has 110 valence electrons. The van der Waals surface area contributed by atoms with Gasteiger partial charge in [-0.1, -0.05) is 18.2 Å². The SMILES string of the molecule is CNCCc1ccccc1C(=O)N1CCC(C(C)O)C1. The van der Waals surface area contributed by atoms with E-state index in [-0.39, 0.29) is 17.9 Å². The molecule has 0 bridgehead atoms. The van der Waals surface area contributed by atoms with E-state index in [0.717, 1.165) is 37.1 Å². The highest BCUT2D eigenvalue weighted by Gasteiger charge is 2.30. The summed E-state index contributed by atoms with van der Waals surface area (Å²) in [6.07, 6.45) is 1.40. The molecule has 0 spiro atoms. The number of aliphatic hydroxyl groups excluding tert-OH is 1. The second kappa shape index (κ2) is 6.86. The van der Waals surface area contributed by atoms with Gasteiger partial charge in [-0.15, -0.1) is 0 Å². The van der Waals surface area contributed by atoms with Crippen LogP contribution in [0.25, 0.3) is 0 Å². The second-order valence-corrected chi connectivity index (χ2v) is 5.55. The molecular formula is C16H24N2O2. The van der Waals surface area contributed by atoms with Crippen molar-refractivity contribution in [2.24, 2.45) is 5.92 Å². The third kappa shape index (κ3) is 3.38. The number of likely N-dealkylation sites (N-methyl/N-ethyl adjacent to an activating group) is 1. The van der Waals surface area contributed by atoms with Crippen molar-refractivity contribution in [2.75, 3.05) is 26.7 Å².